The summed E-state index contributed by atoms with van der Waals surface area (Å²) in [5.41, 5.74) is 11.5. The Kier molecular flexibility index (Phi) is 6.26. The lowest BCUT2D eigenvalue weighted by molar-refractivity contribution is 0.0707. The van der Waals surface area contributed by atoms with Crippen molar-refractivity contribution in [2.24, 2.45) is 5.73 Å². The molecule has 2 aromatic carbocycles. The maximum absolute atomic E-state index is 5.90. The molecule has 1 aliphatic rings. The summed E-state index contributed by atoms with van der Waals surface area (Å²) in [7, 11) is 1.84. The summed E-state index contributed by atoms with van der Waals surface area (Å²) in [4.78, 5) is 0.413. The molecule has 7 nitrogen and oxygen atoms in total. The molecule has 4 N–H and O–H groups in total. The lowest BCUT2D eigenvalue weighted by Crippen LogP contribution is -2.19. The Morgan fingerprint density at radius 2 is 2.00 bits per heavy atom. The molecule has 170 valence electrons. The van der Waals surface area contributed by atoms with E-state index in [9.17, 15) is 0 Å². The zero-order valence-corrected chi connectivity index (χ0v) is 20.0. The van der Waals surface area contributed by atoms with E-state index >= 15 is 0 Å². The molecule has 0 saturated carbocycles. The van der Waals surface area contributed by atoms with Crippen molar-refractivity contribution in [1.29, 1.82) is 0 Å². The van der Waals surface area contributed by atoms with E-state index in [2.05, 4.69) is 61.9 Å². The zero-order chi connectivity index (χ0) is 22.8. The number of benzene rings is 2. The summed E-state index contributed by atoms with van der Waals surface area (Å²) < 4.78 is 8.05. The summed E-state index contributed by atoms with van der Waals surface area (Å²) in [6, 6.07) is 15.2. The number of hydrogen-bond donors (Lipinski definition) is 3. The number of nitrogens with zero attached hydrogens (tertiary/aromatic N) is 3. The fourth-order valence-corrected chi connectivity index (χ4v) is 5.04. The summed E-state index contributed by atoms with van der Waals surface area (Å²) in [5, 5.41) is 17.5. The number of anilines is 2. The van der Waals surface area contributed by atoms with Crippen LogP contribution in [0.1, 0.15) is 30.0 Å². The molecule has 0 spiro atoms. The van der Waals surface area contributed by atoms with Crippen molar-refractivity contribution in [1.82, 2.24) is 14.8 Å². The standard InChI is InChI=1S/C24H26N6OS2/c1-26-23-28-29-24(33-23)27-13-15-5-6-19-20(16-3-2-4-17(12-16)22(25)32)14-30(21(19)11-15)18-7-9-31-10-8-18/h2-6,11-12,14,18H,7-10,13H2,1H3,(H2,25,32)(H,26,28)(H,27,29). The van der Waals surface area contributed by atoms with Crippen molar-refractivity contribution in [3.05, 3.63) is 59.8 Å². The van der Waals surface area contributed by atoms with Crippen molar-refractivity contribution < 1.29 is 4.74 Å². The molecule has 33 heavy (non-hydrogen) atoms. The van der Waals surface area contributed by atoms with Crippen LogP contribution in [-0.2, 0) is 11.3 Å². The topological polar surface area (TPSA) is 90.0 Å². The quantitative estimate of drug-likeness (QED) is 0.329. The van der Waals surface area contributed by atoms with Crippen molar-refractivity contribution in [3.63, 3.8) is 0 Å². The molecule has 0 aliphatic carbocycles. The van der Waals surface area contributed by atoms with Gasteiger partial charge < -0.3 is 25.7 Å². The third-order valence-electron chi connectivity index (χ3n) is 6.02. The molecule has 1 aliphatic heterocycles. The Labute approximate surface area is 202 Å². The monoisotopic (exact) mass is 478 g/mol. The summed E-state index contributed by atoms with van der Waals surface area (Å²) in [6.45, 7) is 2.27. The van der Waals surface area contributed by atoms with Gasteiger partial charge in [-0.05, 0) is 36.1 Å². The minimum atomic E-state index is 0.413. The fourth-order valence-electron chi connectivity index (χ4n) is 4.32. The summed E-state index contributed by atoms with van der Waals surface area (Å²) >= 11 is 6.71. The number of aromatic nitrogens is 3. The average Bonchev–Trinajstić information content (AvgIpc) is 3.48. The molecular weight excluding hydrogens is 452 g/mol. The molecule has 2 aromatic heterocycles. The van der Waals surface area contributed by atoms with Crippen LogP contribution in [0, 0.1) is 0 Å². The van der Waals surface area contributed by atoms with Crippen molar-refractivity contribution in [2.75, 3.05) is 30.9 Å². The maximum atomic E-state index is 5.90. The van der Waals surface area contributed by atoms with Crippen molar-refractivity contribution in [2.45, 2.75) is 25.4 Å². The second-order valence-corrected chi connectivity index (χ2v) is 9.52. The minimum absolute atomic E-state index is 0.413. The Hall–Kier alpha value is -3.01. The lowest BCUT2D eigenvalue weighted by atomic mass is 10.0. The van der Waals surface area contributed by atoms with E-state index in [-0.39, 0.29) is 0 Å². The minimum Gasteiger partial charge on any atom is -0.389 e. The van der Waals surface area contributed by atoms with Crippen LogP contribution in [0.4, 0.5) is 10.3 Å². The molecular formula is C24H26N6OS2. The number of nitrogens with one attached hydrogen (secondary N) is 2. The number of ether oxygens (including phenoxy) is 1. The van der Waals surface area contributed by atoms with Crippen molar-refractivity contribution >= 4 is 49.7 Å². The molecule has 0 atom stereocenters. The van der Waals surface area contributed by atoms with Gasteiger partial charge in [0.05, 0.1) is 0 Å². The normalized spacial score (nSPS) is 14.5. The van der Waals surface area contributed by atoms with E-state index < -0.39 is 0 Å². The number of fused-ring (bicyclic) bond motifs is 1. The molecule has 9 heteroatoms. The van der Waals surface area contributed by atoms with E-state index in [4.69, 9.17) is 22.7 Å². The molecule has 0 bridgehead atoms. The van der Waals surface area contributed by atoms with Crippen LogP contribution in [0.2, 0.25) is 0 Å². The van der Waals surface area contributed by atoms with E-state index in [1.807, 2.05) is 19.2 Å². The van der Waals surface area contributed by atoms with Gasteiger partial charge in [0.2, 0.25) is 10.3 Å². The highest BCUT2D eigenvalue weighted by Gasteiger charge is 2.20. The maximum Gasteiger partial charge on any atom is 0.207 e. The zero-order valence-electron chi connectivity index (χ0n) is 18.4. The van der Waals surface area contributed by atoms with Crippen LogP contribution in [0.15, 0.2) is 48.7 Å². The molecule has 3 heterocycles. The van der Waals surface area contributed by atoms with Gasteiger partial charge in [0.25, 0.3) is 0 Å². The van der Waals surface area contributed by atoms with Gasteiger partial charge in [-0.25, -0.2) is 0 Å². The Balaban J connectivity index is 1.53. The lowest BCUT2D eigenvalue weighted by Gasteiger charge is -2.24. The first-order chi connectivity index (χ1) is 16.1. The predicted molar refractivity (Wildman–Crippen MR) is 139 cm³/mol. The van der Waals surface area contributed by atoms with Gasteiger partial charge in [-0.3, -0.25) is 0 Å². The number of nitrogens with two attached hydrogens (primary N) is 1. The largest absolute Gasteiger partial charge is 0.389 e. The van der Waals surface area contributed by atoms with Gasteiger partial charge in [-0.1, -0.05) is 53.9 Å². The Morgan fingerprint density at radius 1 is 1.18 bits per heavy atom. The highest BCUT2D eigenvalue weighted by molar-refractivity contribution is 7.80. The molecule has 4 aromatic rings. The third-order valence-corrected chi connectivity index (χ3v) is 7.16. The highest BCUT2D eigenvalue weighted by atomic mass is 32.1. The van der Waals surface area contributed by atoms with Gasteiger partial charge in [0.15, 0.2) is 0 Å². The Bertz CT molecular complexity index is 1290. The predicted octanol–water partition coefficient (Wildman–Crippen LogP) is 4.80. The van der Waals surface area contributed by atoms with Crippen LogP contribution in [-0.4, -0.2) is 40.0 Å². The van der Waals surface area contributed by atoms with E-state index in [1.54, 1.807) is 0 Å². The SMILES string of the molecule is CNc1nnc(NCc2ccc3c(-c4cccc(C(N)=S)c4)cn(C4CCOCC4)c3c2)s1. The van der Waals surface area contributed by atoms with Crippen molar-refractivity contribution in [3.8, 4) is 11.1 Å². The number of thiocarbonyl (C=S) groups is 1. The summed E-state index contributed by atoms with van der Waals surface area (Å²) in [5.74, 6) is 0. The molecule has 5 rings (SSSR count). The molecule has 0 amide bonds. The molecule has 0 radical (unpaired) electrons. The Morgan fingerprint density at radius 3 is 2.76 bits per heavy atom. The first-order valence-electron chi connectivity index (χ1n) is 11.0. The van der Waals surface area contributed by atoms with Gasteiger partial charge in [-0.2, -0.15) is 0 Å². The third kappa shape index (κ3) is 4.57. The van der Waals surface area contributed by atoms with Gasteiger partial charge in [-0.15, -0.1) is 10.2 Å². The van der Waals surface area contributed by atoms with Crippen LogP contribution in [0.5, 0.6) is 0 Å². The van der Waals surface area contributed by atoms with E-state index in [1.165, 1.54) is 33.4 Å². The van der Waals surface area contributed by atoms with Crippen LogP contribution >= 0.6 is 23.6 Å². The van der Waals surface area contributed by atoms with Gasteiger partial charge in [0.1, 0.15) is 4.99 Å². The van der Waals surface area contributed by atoms with Gasteiger partial charge >= 0.3 is 0 Å². The van der Waals surface area contributed by atoms with Gasteiger partial charge in [0, 0.05) is 61.1 Å². The first kappa shape index (κ1) is 21.8. The molecule has 1 fully saturated rings. The van der Waals surface area contributed by atoms with Crippen LogP contribution < -0.4 is 16.4 Å². The van der Waals surface area contributed by atoms with Crippen LogP contribution in [0.25, 0.3) is 22.0 Å². The van der Waals surface area contributed by atoms with E-state index in [0.717, 1.165) is 47.4 Å². The van der Waals surface area contributed by atoms with E-state index in [0.29, 0.717) is 17.6 Å². The molecule has 1 saturated heterocycles. The number of rotatable bonds is 7. The second-order valence-electron chi connectivity index (χ2n) is 8.11. The molecule has 0 unspecified atom stereocenters. The fraction of sp³-hybridized carbons (Fsp3) is 0.292. The second kappa shape index (κ2) is 9.46. The van der Waals surface area contributed by atoms with Crippen LogP contribution in [0.3, 0.4) is 0 Å². The first-order valence-corrected chi connectivity index (χ1v) is 12.2. The number of hydrogen-bond acceptors (Lipinski definition) is 7. The average molecular weight is 479 g/mol. The highest BCUT2D eigenvalue weighted by Crippen LogP contribution is 2.36. The summed E-state index contributed by atoms with van der Waals surface area (Å²) in [6.07, 6.45) is 4.30. The smallest absolute Gasteiger partial charge is 0.207 e.